The molecule has 0 aliphatic heterocycles. The van der Waals surface area contributed by atoms with E-state index in [1.54, 1.807) is 0 Å². The molecule has 1 aliphatic carbocycles. The molecule has 1 fully saturated rings. The highest BCUT2D eigenvalue weighted by Crippen LogP contribution is 2.38. The number of ether oxygens (including phenoxy) is 1. The third-order valence-electron chi connectivity index (χ3n) is 5.05. The van der Waals surface area contributed by atoms with Crippen LogP contribution < -0.4 is 10.5 Å². The predicted octanol–water partition coefficient (Wildman–Crippen LogP) is 2.23. The SMILES string of the molecule is NS(=O)(=O)C1(C(=O)NCc2ccccc2COCc2ccccc2)CCC1. The summed E-state index contributed by atoms with van der Waals surface area (Å²) >= 11 is 0. The number of carbonyl (C=O) groups is 1. The smallest absolute Gasteiger partial charge is 0.243 e. The highest BCUT2D eigenvalue weighted by atomic mass is 32.2. The number of amides is 1. The van der Waals surface area contributed by atoms with Gasteiger partial charge in [0.1, 0.15) is 0 Å². The van der Waals surface area contributed by atoms with Crippen molar-refractivity contribution in [3.8, 4) is 0 Å². The number of hydrogen-bond acceptors (Lipinski definition) is 4. The maximum atomic E-state index is 12.5. The van der Waals surface area contributed by atoms with E-state index in [1.165, 1.54) is 0 Å². The average Bonchev–Trinajstić information content (AvgIpc) is 2.59. The molecule has 0 heterocycles. The van der Waals surface area contributed by atoms with Gasteiger partial charge in [0.05, 0.1) is 13.2 Å². The van der Waals surface area contributed by atoms with E-state index < -0.39 is 20.7 Å². The molecule has 6 nitrogen and oxygen atoms in total. The van der Waals surface area contributed by atoms with Crippen molar-refractivity contribution in [3.05, 3.63) is 71.3 Å². The summed E-state index contributed by atoms with van der Waals surface area (Å²) in [6.07, 6.45) is 1.24. The Labute approximate surface area is 159 Å². The van der Waals surface area contributed by atoms with Crippen LogP contribution in [0.25, 0.3) is 0 Å². The Morgan fingerprint density at radius 1 is 1.00 bits per heavy atom. The number of sulfonamides is 1. The zero-order valence-corrected chi connectivity index (χ0v) is 15.9. The fraction of sp³-hybridized carbons (Fsp3) is 0.350. The Bertz CT molecular complexity index is 893. The molecule has 1 aliphatic rings. The lowest BCUT2D eigenvalue weighted by Gasteiger charge is -2.37. The molecule has 0 atom stereocenters. The molecule has 0 aromatic heterocycles. The van der Waals surface area contributed by atoms with Gasteiger partial charge in [-0.3, -0.25) is 4.79 Å². The van der Waals surface area contributed by atoms with Crippen LogP contribution in [0.4, 0.5) is 0 Å². The molecule has 1 amide bonds. The van der Waals surface area contributed by atoms with Crippen LogP contribution >= 0.6 is 0 Å². The molecule has 144 valence electrons. The van der Waals surface area contributed by atoms with Gasteiger partial charge < -0.3 is 10.1 Å². The number of carbonyl (C=O) groups excluding carboxylic acids is 1. The van der Waals surface area contributed by atoms with Crippen LogP contribution in [-0.2, 0) is 39.3 Å². The van der Waals surface area contributed by atoms with Crippen molar-refractivity contribution in [1.82, 2.24) is 5.32 Å². The van der Waals surface area contributed by atoms with E-state index in [4.69, 9.17) is 9.88 Å². The van der Waals surface area contributed by atoms with Crippen molar-refractivity contribution >= 4 is 15.9 Å². The molecular weight excluding hydrogens is 364 g/mol. The number of hydrogen-bond donors (Lipinski definition) is 2. The van der Waals surface area contributed by atoms with Gasteiger partial charge in [-0.05, 0) is 36.0 Å². The van der Waals surface area contributed by atoms with E-state index in [1.807, 2.05) is 54.6 Å². The fourth-order valence-corrected chi connectivity index (χ4v) is 4.39. The van der Waals surface area contributed by atoms with Crippen LogP contribution in [0.15, 0.2) is 54.6 Å². The van der Waals surface area contributed by atoms with Crippen LogP contribution in [0.3, 0.4) is 0 Å². The number of nitrogens with one attached hydrogen (secondary N) is 1. The van der Waals surface area contributed by atoms with Crippen molar-refractivity contribution in [3.63, 3.8) is 0 Å². The number of primary sulfonamides is 1. The summed E-state index contributed by atoms with van der Waals surface area (Å²) in [6, 6.07) is 17.5. The first kappa shape index (κ1) is 19.5. The summed E-state index contributed by atoms with van der Waals surface area (Å²) in [4.78, 5) is 12.5. The Hall–Kier alpha value is -2.22. The van der Waals surface area contributed by atoms with E-state index >= 15 is 0 Å². The van der Waals surface area contributed by atoms with Gasteiger partial charge in [0.25, 0.3) is 0 Å². The van der Waals surface area contributed by atoms with Gasteiger partial charge in [-0.2, -0.15) is 0 Å². The molecule has 7 heteroatoms. The zero-order valence-electron chi connectivity index (χ0n) is 15.1. The largest absolute Gasteiger partial charge is 0.372 e. The molecule has 1 saturated carbocycles. The van der Waals surface area contributed by atoms with Crippen molar-refractivity contribution < 1.29 is 17.9 Å². The second kappa shape index (κ2) is 8.21. The van der Waals surface area contributed by atoms with Crippen molar-refractivity contribution in [2.45, 2.75) is 43.8 Å². The second-order valence-electron chi connectivity index (χ2n) is 6.82. The van der Waals surface area contributed by atoms with Gasteiger partial charge >= 0.3 is 0 Å². The molecule has 0 bridgehead atoms. The molecule has 0 saturated heterocycles. The first-order chi connectivity index (χ1) is 12.9. The van der Waals surface area contributed by atoms with E-state index in [0.29, 0.717) is 19.6 Å². The fourth-order valence-electron chi connectivity index (χ4n) is 3.20. The van der Waals surface area contributed by atoms with Gasteiger partial charge in [-0.25, -0.2) is 13.6 Å². The molecule has 0 radical (unpaired) electrons. The van der Waals surface area contributed by atoms with Gasteiger partial charge in [-0.15, -0.1) is 0 Å². The average molecular weight is 388 g/mol. The lowest BCUT2D eigenvalue weighted by Crippen LogP contribution is -2.59. The molecule has 2 aromatic rings. The van der Waals surface area contributed by atoms with Gasteiger partial charge in [0, 0.05) is 6.54 Å². The monoisotopic (exact) mass is 388 g/mol. The Morgan fingerprint density at radius 3 is 2.22 bits per heavy atom. The van der Waals surface area contributed by atoms with Crippen LogP contribution in [0.1, 0.15) is 36.0 Å². The molecule has 3 N–H and O–H groups in total. The predicted molar refractivity (Wildman–Crippen MR) is 103 cm³/mol. The maximum Gasteiger partial charge on any atom is 0.243 e. The summed E-state index contributed by atoms with van der Waals surface area (Å²) in [7, 11) is -3.92. The molecule has 0 unspecified atom stereocenters. The third kappa shape index (κ3) is 4.37. The quantitative estimate of drug-likeness (QED) is 0.724. The van der Waals surface area contributed by atoms with Gasteiger partial charge in [0.15, 0.2) is 4.75 Å². The summed E-state index contributed by atoms with van der Waals surface area (Å²) in [5.74, 6) is -0.517. The summed E-state index contributed by atoms with van der Waals surface area (Å²) in [6.45, 7) is 1.14. The molecule has 2 aromatic carbocycles. The third-order valence-corrected chi connectivity index (χ3v) is 6.73. The summed E-state index contributed by atoms with van der Waals surface area (Å²) in [5, 5.41) is 8.03. The lowest BCUT2D eigenvalue weighted by atomic mass is 9.83. The molecular formula is C20H24N2O4S. The minimum absolute atomic E-state index is 0.237. The molecule has 27 heavy (non-hydrogen) atoms. The van der Waals surface area contributed by atoms with E-state index in [0.717, 1.165) is 16.7 Å². The van der Waals surface area contributed by atoms with E-state index in [-0.39, 0.29) is 19.4 Å². The van der Waals surface area contributed by atoms with Crippen LogP contribution in [0, 0.1) is 0 Å². The van der Waals surface area contributed by atoms with Crippen LogP contribution in [0.5, 0.6) is 0 Å². The first-order valence-electron chi connectivity index (χ1n) is 8.91. The van der Waals surface area contributed by atoms with Gasteiger partial charge in [-0.1, -0.05) is 54.6 Å². The normalized spacial score (nSPS) is 15.7. The Kier molecular flexibility index (Phi) is 5.94. The minimum atomic E-state index is -3.92. The number of nitrogens with two attached hydrogens (primary N) is 1. The zero-order chi connectivity index (χ0) is 19.3. The first-order valence-corrected chi connectivity index (χ1v) is 10.5. The summed E-state index contributed by atoms with van der Waals surface area (Å²) in [5.41, 5.74) is 2.93. The summed E-state index contributed by atoms with van der Waals surface area (Å²) < 4.78 is 28.0. The molecule has 0 spiro atoms. The lowest BCUT2D eigenvalue weighted by molar-refractivity contribution is -0.125. The van der Waals surface area contributed by atoms with Crippen LogP contribution in [0.2, 0.25) is 0 Å². The minimum Gasteiger partial charge on any atom is -0.372 e. The van der Waals surface area contributed by atoms with Crippen LogP contribution in [-0.4, -0.2) is 19.1 Å². The number of rotatable bonds is 8. The standard InChI is InChI=1S/C20H24N2O4S/c21-27(24,25)20(11-6-12-20)19(23)22-13-17-9-4-5-10-18(17)15-26-14-16-7-2-1-3-8-16/h1-5,7-10H,6,11-15H2,(H,22,23)(H2,21,24,25). The Morgan fingerprint density at radius 2 is 1.63 bits per heavy atom. The number of benzene rings is 2. The van der Waals surface area contributed by atoms with E-state index in [2.05, 4.69) is 5.32 Å². The highest BCUT2D eigenvalue weighted by Gasteiger charge is 2.53. The van der Waals surface area contributed by atoms with E-state index in [9.17, 15) is 13.2 Å². The highest BCUT2D eigenvalue weighted by molar-refractivity contribution is 7.91. The van der Waals surface area contributed by atoms with Crippen molar-refractivity contribution in [2.75, 3.05) is 0 Å². The molecule has 3 rings (SSSR count). The van der Waals surface area contributed by atoms with Crippen molar-refractivity contribution in [2.24, 2.45) is 5.14 Å². The Balaban J connectivity index is 1.60. The van der Waals surface area contributed by atoms with Gasteiger partial charge in [0.2, 0.25) is 15.9 Å². The van der Waals surface area contributed by atoms with Crippen molar-refractivity contribution in [1.29, 1.82) is 0 Å². The maximum absolute atomic E-state index is 12.5. The second-order valence-corrected chi connectivity index (χ2v) is 8.69. The topological polar surface area (TPSA) is 98.5 Å².